The van der Waals surface area contributed by atoms with Gasteiger partial charge in [-0.1, -0.05) is 45.7 Å². The van der Waals surface area contributed by atoms with E-state index in [0.717, 1.165) is 12.3 Å². The molecule has 0 atom stereocenters. The van der Waals surface area contributed by atoms with Crippen molar-refractivity contribution in [2.45, 2.75) is 71.1 Å². The molecule has 1 aromatic carbocycles. The number of hydrogen-bond acceptors (Lipinski definition) is 0. The van der Waals surface area contributed by atoms with E-state index in [4.69, 9.17) is 0 Å². The van der Waals surface area contributed by atoms with E-state index in [9.17, 15) is 0 Å². The minimum atomic E-state index is 0.248. The fourth-order valence-corrected chi connectivity index (χ4v) is 3.99. The van der Waals surface area contributed by atoms with E-state index in [1.54, 1.807) is 0 Å². The van der Waals surface area contributed by atoms with Gasteiger partial charge >= 0.3 is 0 Å². The number of benzene rings is 1. The third-order valence-corrected chi connectivity index (χ3v) is 6.15. The highest BCUT2D eigenvalue weighted by molar-refractivity contribution is 5.62. The van der Waals surface area contributed by atoms with Crippen LogP contribution in [-0.4, -0.2) is 0 Å². The Labute approximate surface area is 147 Å². The Hall–Kier alpha value is -1.63. The lowest BCUT2D eigenvalue weighted by Crippen LogP contribution is -2.31. The molecule has 0 N–H and O–H groups in total. The second kappa shape index (κ2) is 6.70. The van der Waals surface area contributed by atoms with E-state index in [1.165, 1.54) is 53.6 Å². The fraction of sp³-hybridized carbons (Fsp3) is 0.522. The van der Waals surface area contributed by atoms with Gasteiger partial charge in [-0.15, -0.1) is 0 Å². The molecule has 1 aliphatic carbocycles. The largest absolute Gasteiger partial charge is 0.212 e. The topological polar surface area (TPSA) is 3.88 Å². The molecule has 24 heavy (non-hydrogen) atoms. The van der Waals surface area contributed by atoms with Crippen LogP contribution in [0.15, 0.2) is 36.5 Å². The van der Waals surface area contributed by atoms with Gasteiger partial charge in [0.2, 0.25) is 5.69 Å². The van der Waals surface area contributed by atoms with Gasteiger partial charge in [-0.25, -0.2) is 4.57 Å². The summed E-state index contributed by atoms with van der Waals surface area (Å²) < 4.78 is 2.32. The Morgan fingerprint density at radius 3 is 2.38 bits per heavy atom. The molecule has 128 valence electrons. The molecule has 0 spiro atoms. The molecular formula is C23H32N+. The number of rotatable bonds is 4. The summed E-state index contributed by atoms with van der Waals surface area (Å²) in [7, 11) is 2.19. The minimum absolute atomic E-state index is 0.248. The monoisotopic (exact) mass is 322 g/mol. The predicted octanol–water partition coefficient (Wildman–Crippen LogP) is 5.83. The van der Waals surface area contributed by atoms with E-state index in [2.05, 4.69) is 75.8 Å². The first-order valence-corrected chi connectivity index (χ1v) is 9.53. The molecule has 1 heterocycles. The standard InChI is InChI=1S/C23H32N/c1-6-23(3,4)20-12-13-21(17(2)15-20)22-14-11-19(16-24(22)5)18-9-7-8-10-18/h11-16,18H,6-10H2,1-5H3/q+1. The quantitative estimate of drug-likeness (QED) is 0.623. The van der Waals surface area contributed by atoms with Crippen LogP contribution < -0.4 is 4.57 Å². The van der Waals surface area contributed by atoms with Gasteiger partial charge in [0.05, 0.1) is 0 Å². The van der Waals surface area contributed by atoms with Crippen molar-refractivity contribution >= 4 is 0 Å². The van der Waals surface area contributed by atoms with Crippen molar-refractivity contribution < 1.29 is 4.57 Å². The first kappa shape index (κ1) is 17.2. The summed E-state index contributed by atoms with van der Waals surface area (Å²) in [6.07, 6.45) is 9.02. The van der Waals surface area contributed by atoms with Crippen molar-refractivity contribution in [2.24, 2.45) is 7.05 Å². The lowest BCUT2D eigenvalue weighted by atomic mass is 9.81. The number of aryl methyl sites for hydroxylation is 2. The van der Waals surface area contributed by atoms with Crippen LogP contribution in [0, 0.1) is 6.92 Å². The molecular weight excluding hydrogens is 290 g/mol. The minimum Gasteiger partial charge on any atom is -0.201 e. The summed E-state index contributed by atoms with van der Waals surface area (Å²) in [6, 6.07) is 11.7. The third-order valence-electron chi connectivity index (χ3n) is 6.15. The Kier molecular flexibility index (Phi) is 4.80. The average Bonchev–Trinajstić information content (AvgIpc) is 3.09. The first-order valence-electron chi connectivity index (χ1n) is 9.53. The molecule has 1 saturated carbocycles. The molecule has 0 radical (unpaired) electrons. The summed E-state index contributed by atoms with van der Waals surface area (Å²) in [5.74, 6) is 0.777. The van der Waals surface area contributed by atoms with Gasteiger partial charge in [-0.3, -0.25) is 0 Å². The highest BCUT2D eigenvalue weighted by Gasteiger charge is 2.23. The van der Waals surface area contributed by atoms with Crippen molar-refractivity contribution in [1.82, 2.24) is 0 Å². The van der Waals surface area contributed by atoms with E-state index >= 15 is 0 Å². The van der Waals surface area contributed by atoms with Gasteiger partial charge in [0.1, 0.15) is 7.05 Å². The zero-order chi connectivity index (χ0) is 17.3. The van der Waals surface area contributed by atoms with Crippen LogP contribution in [-0.2, 0) is 12.5 Å². The van der Waals surface area contributed by atoms with Gasteiger partial charge in [0, 0.05) is 17.2 Å². The molecule has 0 amide bonds. The maximum Gasteiger partial charge on any atom is 0.212 e. The van der Waals surface area contributed by atoms with Crippen LogP contribution in [0.5, 0.6) is 0 Å². The van der Waals surface area contributed by atoms with E-state index in [1.807, 2.05) is 0 Å². The fourth-order valence-electron chi connectivity index (χ4n) is 3.99. The van der Waals surface area contributed by atoms with Gasteiger partial charge < -0.3 is 0 Å². The molecule has 2 aromatic rings. The van der Waals surface area contributed by atoms with E-state index in [-0.39, 0.29) is 5.41 Å². The Morgan fingerprint density at radius 1 is 1.08 bits per heavy atom. The highest BCUT2D eigenvalue weighted by atomic mass is 14.9. The highest BCUT2D eigenvalue weighted by Crippen LogP contribution is 2.34. The van der Waals surface area contributed by atoms with Crippen LogP contribution >= 0.6 is 0 Å². The molecule has 0 aliphatic heterocycles. The summed E-state index contributed by atoms with van der Waals surface area (Å²) in [5.41, 5.74) is 7.24. The first-order chi connectivity index (χ1) is 11.4. The zero-order valence-electron chi connectivity index (χ0n) is 16.0. The number of aromatic nitrogens is 1. The molecule has 0 bridgehead atoms. The van der Waals surface area contributed by atoms with Crippen molar-refractivity contribution in [3.63, 3.8) is 0 Å². The number of nitrogens with zero attached hydrogens (tertiary/aromatic N) is 1. The molecule has 0 unspecified atom stereocenters. The molecule has 1 aliphatic rings. The van der Waals surface area contributed by atoms with E-state index in [0.29, 0.717) is 0 Å². The molecule has 0 saturated heterocycles. The van der Waals surface area contributed by atoms with Crippen LogP contribution in [0.3, 0.4) is 0 Å². The number of hydrogen-bond donors (Lipinski definition) is 0. The Morgan fingerprint density at radius 2 is 1.79 bits per heavy atom. The maximum absolute atomic E-state index is 2.38. The second-order valence-corrected chi connectivity index (χ2v) is 8.21. The smallest absolute Gasteiger partial charge is 0.201 e. The van der Waals surface area contributed by atoms with Crippen LogP contribution in [0.2, 0.25) is 0 Å². The third kappa shape index (κ3) is 3.27. The van der Waals surface area contributed by atoms with Gasteiger partial charge in [0.25, 0.3) is 0 Å². The van der Waals surface area contributed by atoms with Crippen molar-refractivity contribution in [2.75, 3.05) is 0 Å². The molecule has 1 nitrogen and oxygen atoms in total. The predicted molar refractivity (Wildman–Crippen MR) is 102 cm³/mol. The molecule has 1 heteroatoms. The van der Waals surface area contributed by atoms with Gasteiger partial charge in [-0.05, 0) is 60.8 Å². The average molecular weight is 323 g/mol. The lowest BCUT2D eigenvalue weighted by Gasteiger charge is -2.24. The molecule has 1 fully saturated rings. The van der Waals surface area contributed by atoms with Crippen molar-refractivity contribution in [3.05, 3.63) is 53.2 Å². The van der Waals surface area contributed by atoms with Crippen molar-refractivity contribution in [3.8, 4) is 11.3 Å². The van der Waals surface area contributed by atoms with Crippen LogP contribution in [0.1, 0.15) is 75.5 Å². The Bertz CT molecular complexity index is 721. The summed E-state index contributed by atoms with van der Waals surface area (Å²) in [5, 5.41) is 0. The van der Waals surface area contributed by atoms with Crippen LogP contribution in [0.4, 0.5) is 0 Å². The Balaban J connectivity index is 1.94. The van der Waals surface area contributed by atoms with Crippen molar-refractivity contribution in [1.29, 1.82) is 0 Å². The van der Waals surface area contributed by atoms with Gasteiger partial charge in [0.15, 0.2) is 6.20 Å². The SMILES string of the molecule is CCC(C)(C)c1ccc(-c2ccc(C3CCCC3)c[n+]2C)c(C)c1. The maximum atomic E-state index is 2.38. The van der Waals surface area contributed by atoms with Crippen LogP contribution in [0.25, 0.3) is 11.3 Å². The van der Waals surface area contributed by atoms with Gasteiger partial charge in [-0.2, -0.15) is 0 Å². The zero-order valence-corrected chi connectivity index (χ0v) is 16.0. The summed E-state index contributed by atoms with van der Waals surface area (Å²) in [4.78, 5) is 0. The lowest BCUT2D eigenvalue weighted by molar-refractivity contribution is -0.660. The molecule has 1 aromatic heterocycles. The number of pyridine rings is 1. The summed E-state index contributed by atoms with van der Waals surface area (Å²) >= 11 is 0. The molecule has 3 rings (SSSR count). The van der Waals surface area contributed by atoms with E-state index < -0.39 is 0 Å². The summed E-state index contributed by atoms with van der Waals surface area (Å²) in [6.45, 7) is 9.18. The normalized spacial score (nSPS) is 15.9. The second-order valence-electron chi connectivity index (χ2n) is 8.21.